The lowest BCUT2D eigenvalue weighted by molar-refractivity contribution is -0.124. The normalized spacial score (nSPS) is 12.2. The van der Waals surface area contributed by atoms with Gasteiger partial charge in [0.1, 0.15) is 6.23 Å². The average Bonchev–Trinajstić information content (AvgIpc) is 2.00. The number of nitrogens with one attached hydrogen (secondary N) is 1. The summed E-state index contributed by atoms with van der Waals surface area (Å²) in [7, 11) is 0. The largest absolute Gasteiger partial charge is 0.379 e. The first kappa shape index (κ1) is 11.9. The van der Waals surface area contributed by atoms with Crippen LogP contribution >= 0.6 is 0 Å². The molecule has 0 rings (SSSR count). The molecule has 0 aliphatic carbocycles. The van der Waals surface area contributed by atoms with Crippen molar-refractivity contribution >= 4 is 11.8 Å². The quantitative estimate of drug-likeness (QED) is 0.362. The van der Waals surface area contributed by atoms with Gasteiger partial charge < -0.3 is 21.9 Å². The van der Waals surface area contributed by atoms with Crippen molar-refractivity contribution in [3.8, 4) is 0 Å². The fraction of sp³-hybridized carbons (Fsp3) is 0.714. The van der Waals surface area contributed by atoms with E-state index in [1.807, 2.05) is 0 Å². The van der Waals surface area contributed by atoms with Crippen molar-refractivity contribution in [1.82, 2.24) is 5.32 Å². The molecule has 0 aliphatic heterocycles. The van der Waals surface area contributed by atoms with E-state index in [1.165, 1.54) is 0 Å². The predicted octanol–water partition coefficient (Wildman–Crippen LogP) is -1.96. The van der Waals surface area contributed by atoms with Crippen molar-refractivity contribution in [2.45, 2.75) is 25.5 Å². The highest BCUT2D eigenvalue weighted by Crippen LogP contribution is 1.96. The molecule has 0 aromatic heterocycles. The summed E-state index contributed by atoms with van der Waals surface area (Å²) in [6.07, 6.45) is 0.206. The van der Waals surface area contributed by atoms with Crippen LogP contribution in [0.1, 0.15) is 19.3 Å². The number of primary amides is 1. The van der Waals surface area contributed by atoms with Gasteiger partial charge in [0.25, 0.3) is 0 Å². The third kappa shape index (κ3) is 8.77. The number of aliphatic hydroxyl groups excluding tert-OH is 1. The van der Waals surface area contributed by atoms with Crippen LogP contribution in [0.2, 0.25) is 0 Å². The smallest absolute Gasteiger partial charge is 0.236 e. The van der Waals surface area contributed by atoms with Gasteiger partial charge in [0.2, 0.25) is 11.8 Å². The van der Waals surface area contributed by atoms with E-state index >= 15 is 0 Å². The lowest BCUT2D eigenvalue weighted by atomic mass is 10.2. The molecule has 13 heavy (non-hydrogen) atoms. The number of aliphatic hydroxyl groups is 1. The number of nitrogens with two attached hydrogens (primary N) is 2. The molecule has 0 saturated carbocycles. The maximum Gasteiger partial charge on any atom is 0.236 e. The maximum atomic E-state index is 10.9. The van der Waals surface area contributed by atoms with Gasteiger partial charge in [-0.2, -0.15) is 0 Å². The zero-order valence-corrected chi connectivity index (χ0v) is 7.32. The first-order valence-electron chi connectivity index (χ1n) is 4.01. The van der Waals surface area contributed by atoms with Crippen LogP contribution in [-0.2, 0) is 9.59 Å². The van der Waals surface area contributed by atoms with Gasteiger partial charge in [-0.15, -0.1) is 0 Å². The molecule has 0 radical (unpaired) electrons. The third-order valence-electron chi connectivity index (χ3n) is 1.36. The van der Waals surface area contributed by atoms with E-state index in [0.29, 0.717) is 12.8 Å². The summed E-state index contributed by atoms with van der Waals surface area (Å²) in [5.41, 5.74) is 9.85. The molecule has 0 saturated heterocycles. The van der Waals surface area contributed by atoms with Gasteiger partial charge in [-0.1, -0.05) is 0 Å². The van der Waals surface area contributed by atoms with Crippen LogP contribution in [0.15, 0.2) is 0 Å². The molecule has 6 nitrogen and oxygen atoms in total. The number of amides is 2. The van der Waals surface area contributed by atoms with E-state index in [4.69, 9.17) is 16.6 Å². The van der Waals surface area contributed by atoms with Crippen LogP contribution in [0.25, 0.3) is 0 Å². The van der Waals surface area contributed by atoms with Gasteiger partial charge in [-0.25, -0.2) is 0 Å². The molecular weight excluding hydrogens is 174 g/mol. The van der Waals surface area contributed by atoms with Crippen molar-refractivity contribution < 1.29 is 14.7 Å². The minimum Gasteiger partial charge on any atom is -0.379 e. The van der Waals surface area contributed by atoms with Gasteiger partial charge >= 0.3 is 0 Å². The summed E-state index contributed by atoms with van der Waals surface area (Å²) in [6, 6.07) is 0. The lowest BCUT2D eigenvalue weighted by Crippen LogP contribution is -2.33. The monoisotopic (exact) mass is 189 g/mol. The van der Waals surface area contributed by atoms with Crippen LogP contribution in [0, 0.1) is 0 Å². The Balaban J connectivity index is 3.36. The second kappa shape index (κ2) is 6.38. The first-order chi connectivity index (χ1) is 6.02. The van der Waals surface area contributed by atoms with Gasteiger partial charge in [-0.3, -0.25) is 9.59 Å². The standard InChI is InChI=1S/C7H15N3O3/c8-5(11)2-1-3-7(13)10-4-6(9)12/h5,11H,1-4,8H2,(H2,9,12)(H,10,13)/t5-/m1/s1. The Morgan fingerprint density at radius 2 is 2.08 bits per heavy atom. The van der Waals surface area contributed by atoms with Crippen LogP contribution in [0.4, 0.5) is 0 Å². The SMILES string of the molecule is NC(=O)CNC(=O)CCC[C@H](N)O. The highest BCUT2D eigenvalue weighted by Gasteiger charge is 2.03. The fourth-order valence-corrected chi connectivity index (χ4v) is 0.746. The van der Waals surface area contributed by atoms with Crippen molar-refractivity contribution in [2.24, 2.45) is 11.5 Å². The number of rotatable bonds is 6. The molecular formula is C7H15N3O3. The molecule has 0 aliphatic rings. The Morgan fingerprint density at radius 3 is 2.54 bits per heavy atom. The van der Waals surface area contributed by atoms with Gasteiger partial charge in [0, 0.05) is 6.42 Å². The van der Waals surface area contributed by atoms with Crippen LogP contribution in [0.3, 0.4) is 0 Å². The zero-order valence-electron chi connectivity index (χ0n) is 7.32. The maximum absolute atomic E-state index is 10.9. The molecule has 0 bridgehead atoms. The molecule has 1 atom stereocenters. The number of carbonyl (C=O) groups excluding carboxylic acids is 2. The molecule has 0 aromatic carbocycles. The molecule has 76 valence electrons. The van der Waals surface area contributed by atoms with Gasteiger partial charge in [0.05, 0.1) is 6.54 Å². The number of carbonyl (C=O) groups is 2. The zero-order chi connectivity index (χ0) is 10.3. The summed E-state index contributed by atoms with van der Waals surface area (Å²) in [5, 5.41) is 11.0. The van der Waals surface area contributed by atoms with E-state index in [2.05, 4.69) is 5.32 Å². The predicted molar refractivity (Wildman–Crippen MR) is 46.2 cm³/mol. The highest BCUT2D eigenvalue weighted by molar-refractivity contribution is 5.83. The summed E-state index contributed by atoms with van der Waals surface area (Å²) in [6.45, 7) is -0.149. The van der Waals surface area contributed by atoms with E-state index in [9.17, 15) is 9.59 Å². The minimum atomic E-state index is -0.885. The van der Waals surface area contributed by atoms with Crippen molar-refractivity contribution in [2.75, 3.05) is 6.54 Å². The lowest BCUT2D eigenvalue weighted by Gasteiger charge is -2.04. The molecule has 0 fully saturated rings. The summed E-state index contributed by atoms with van der Waals surface area (Å²) < 4.78 is 0. The topological polar surface area (TPSA) is 118 Å². The van der Waals surface area contributed by atoms with Crippen molar-refractivity contribution in [3.05, 3.63) is 0 Å². The van der Waals surface area contributed by atoms with Gasteiger partial charge in [-0.05, 0) is 12.8 Å². The second-order valence-electron chi connectivity index (χ2n) is 2.70. The van der Waals surface area contributed by atoms with E-state index in [0.717, 1.165) is 0 Å². The molecule has 0 aromatic rings. The molecule has 6 N–H and O–H groups in total. The summed E-state index contributed by atoms with van der Waals surface area (Å²) in [5.74, 6) is -0.841. The van der Waals surface area contributed by atoms with Crippen LogP contribution < -0.4 is 16.8 Å². The van der Waals surface area contributed by atoms with Crippen LogP contribution in [-0.4, -0.2) is 29.7 Å². The van der Waals surface area contributed by atoms with Gasteiger partial charge in [0.15, 0.2) is 0 Å². The molecule has 0 heterocycles. The summed E-state index contributed by atoms with van der Waals surface area (Å²) in [4.78, 5) is 21.1. The van der Waals surface area contributed by atoms with E-state index in [1.54, 1.807) is 0 Å². The molecule has 0 unspecified atom stereocenters. The van der Waals surface area contributed by atoms with Crippen molar-refractivity contribution in [1.29, 1.82) is 0 Å². The van der Waals surface area contributed by atoms with Crippen LogP contribution in [0.5, 0.6) is 0 Å². The minimum absolute atomic E-state index is 0.149. The fourth-order valence-electron chi connectivity index (χ4n) is 0.746. The Kier molecular flexibility index (Phi) is 5.82. The van der Waals surface area contributed by atoms with E-state index in [-0.39, 0.29) is 18.9 Å². The first-order valence-corrected chi connectivity index (χ1v) is 4.01. The molecule has 6 heteroatoms. The van der Waals surface area contributed by atoms with Crippen molar-refractivity contribution in [3.63, 3.8) is 0 Å². The number of hydrogen-bond acceptors (Lipinski definition) is 4. The van der Waals surface area contributed by atoms with E-state index < -0.39 is 12.1 Å². The number of hydrogen-bond donors (Lipinski definition) is 4. The Bertz CT molecular complexity index is 182. The Labute approximate surface area is 76.3 Å². The Morgan fingerprint density at radius 1 is 1.46 bits per heavy atom. The Hall–Kier alpha value is -1.14. The highest BCUT2D eigenvalue weighted by atomic mass is 16.3. The average molecular weight is 189 g/mol. The molecule has 2 amide bonds. The second-order valence-corrected chi connectivity index (χ2v) is 2.70. The third-order valence-corrected chi connectivity index (χ3v) is 1.36. The molecule has 0 spiro atoms. The summed E-state index contributed by atoms with van der Waals surface area (Å²) >= 11 is 0.